The van der Waals surface area contributed by atoms with Crippen LogP contribution in [-0.4, -0.2) is 9.36 Å². The topological polar surface area (TPSA) is 49.6 Å². The van der Waals surface area contributed by atoms with E-state index < -0.39 is 0 Å². The molecule has 0 atom stereocenters. The third kappa shape index (κ3) is 1.78. The van der Waals surface area contributed by atoms with Crippen LogP contribution >= 0.6 is 11.5 Å². The highest BCUT2D eigenvalue weighted by atomic mass is 32.1. The van der Waals surface area contributed by atoms with Crippen molar-refractivity contribution in [2.75, 3.05) is 0 Å². The molecular weight excluding hydrogens is 194 g/mol. The van der Waals surface area contributed by atoms with Crippen LogP contribution in [0.1, 0.15) is 5.01 Å². The van der Waals surface area contributed by atoms with Crippen molar-refractivity contribution in [3.63, 3.8) is 0 Å². The SMILES string of the molecule is N#CCc1nc(-c2ccccc2)ns1. The molecule has 3 nitrogen and oxygen atoms in total. The Bertz CT molecular complexity index is 456. The molecule has 68 valence electrons. The maximum absolute atomic E-state index is 8.49. The first-order chi connectivity index (χ1) is 6.90. The molecule has 2 aromatic rings. The fraction of sp³-hybridized carbons (Fsp3) is 0.100. The minimum Gasteiger partial charge on any atom is -0.219 e. The molecule has 0 aliphatic heterocycles. The van der Waals surface area contributed by atoms with E-state index in [-0.39, 0.29) is 0 Å². The summed E-state index contributed by atoms with van der Waals surface area (Å²) in [5, 5.41) is 9.26. The van der Waals surface area contributed by atoms with Crippen molar-refractivity contribution in [1.82, 2.24) is 9.36 Å². The van der Waals surface area contributed by atoms with Gasteiger partial charge in [0.1, 0.15) is 5.01 Å². The Morgan fingerprint density at radius 1 is 1.29 bits per heavy atom. The molecule has 0 spiro atoms. The average molecular weight is 201 g/mol. The molecule has 1 aromatic heterocycles. The van der Waals surface area contributed by atoms with Gasteiger partial charge in [0.15, 0.2) is 5.82 Å². The molecule has 1 heterocycles. The maximum Gasteiger partial charge on any atom is 0.173 e. The molecule has 14 heavy (non-hydrogen) atoms. The number of benzene rings is 1. The molecule has 0 aliphatic carbocycles. The second-order valence-electron chi connectivity index (χ2n) is 2.71. The Morgan fingerprint density at radius 3 is 2.79 bits per heavy atom. The molecule has 0 unspecified atom stereocenters. The second kappa shape index (κ2) is 3.99. The van der Waals surface area contributed by atoms with Crippen molar-refractivity contribution < 1.29 is 0 Å². The van der Waals surface area contributed by atoms with E-state index in [4.69, 9.17) is 5.26 Å². The maximum atomic E-state index is 8.49. The first-order valence-electron chi connectivity index (χ1n) is 4.15. The van der Waals surface area contributed by atoms with Crippen molar-refractivity contribution in [2.45, 2.75) is 6.42 Å². The van der Waals surface area contributed by atoms with Gasteiger partial charge in [0.05, 0.1) is 12.5 Å². The lowest BCUT2D eigenvalue weighted by Crippen LogP contribution is -1.81. The number of hydrogen-bond acceptors (Lipinski definition) is 4. The van der Waals surface area contributed by atoms with Crippen molar-refractivity contribution in [3.8, 4) is 17.5 Å². The first kappa shape index (κ1) is 8.85. The standard InChI is InChI=1S/C10H7N3S/c11-7-6-9-12-10(13-14-9)8-4-2-1-3-5-8/h1-5H,6H2. The summed E-state index contributed by atoms with van der Waals surface area (Å²) >= 11 is 1.29. The Balaban J connectivity index is 2.31. The van der Waals surface area contributed by atoms with Gasteiger partial charge in [0.2, 0.25) is 0 Å². The van der Waals surface area contributed by atoms with Gasteiger partial charge in [-0.2, -0.15) is 9.64 Å². The molecular formula is C10H7N3S. The third-order valence-electron chi connectivity index (χ3n) is 1.73. The van der Waals surface area contributed by atoms with Crippen molar-refractivity contribution in [2.24, 2.45) is 0 Å². The molecule has 0 aliphatic rings. The largest absolute Gasteiger partial charge is 0.219 e. The van der Waals surface area contributed by atoms with Gasteiger partial charge < -0.3 is 0 Å². The zero-order valence-corrected chi connectivity index (χ0v) is 8.16. The lowest BCUT2D eigenvalue weighted by atomic mass is 10.2. The summed E-state index contributed by atoms with van der Waals surface area (Å²) in [6.07, 6.45) is 0.338. The Hall–Kier alpha value is -1.73. The van der Waals surface area contributed by atoms with Crippen LogP contribution in [0.25, 0.3) is 11.4 Å². The van der Waals surface area contributed by atoms with Gasteiger partial charge in [0.25, 0.3) is 0 Å². The van der Waals surface area contributed by atoms with Gasteiger partial charge in [-0.15, -0.1) is 0 Å². The van der Waals surface area contributed by atoms with E-state index >= 15 is 0 Å². The lowest BCUT2D eigenvalue weighted by molar-refractivity contribution is 1.18. The van der Waals surface area contributed by atoms with Gasteiger partial charge in [-0.25, -0.2) is 4.98 Å². The van der Waals surface area contributed by atoms with Gasteiger partial charge in [-0.1, -0.05) is 30.3 Å². The smallest absolute Gasteiger partial charge is 0.173 e. The van der Waals surface area contributed by atoms with E-state index in [1.807, 2.05) is 30.3 Å². The molecule has 0 amide bonds. The van der Waals surface area contributed by atoms with Crippen LogP contribution in [0.4, 0.5) is 0 Å². The predicted molar refractivity (Wildman–Crippen MR) is 54.7 cm³/mol. The Morgan fingerprint density at radius 2 is 2.07 bits per heavy atom. The summed E-state index contributed by atoms with van der Waals surface area (Å²) in [5.41, 5.74) is 0.993. The predicted octanol–water partition coefficient (Wildman–Crippen LogP) is 2.27. The van der Waals surface area contributed by atoms with Gasteiger partial charge in [-0.3, -0.25) is 0 Å². The summed E-state index contributed by atoms with van der Waals surface area (Å²) in [4.78, 5) is 4.26. The van der Waals surface area contributed by atoms with E-state index in [9.17, 15) is 0 Å². The second-order valence-corrected chi connectivity index (χ2v) is 3.55. The van der Waals surface area contributed by atoms with E-state index in [2.05, 4.69) is 15.4 Å². The molecule has 2 rings (SSSR count). The first-order valence-corrected chi connectivity index (χ1v) is 4.92. The van der Waals surface area contributed by atoms with Crippen LogP contribution in [0.3, 0.4) is 0 Å². The van der Waals surface area contributed by atoms with Crippen LogP contribution in [0.15, 0.2) is 30.3 Å². The highest BCUT2D eigenvalue weighted by molar-refractivity contribution is 7.05. The summed E-state index contributed by atoms with van der Waals surface area (Å²) in [6.45, 7) is 0. The summed E-state index contributed by atoms with van der Waals surface area (Å²) < 4.78 is 4.18. The Kier molecular flexibility index (Phi) is 2.52. The zero-order valence-electron chi connectivity index (χ0n) is 7.34. The van der Waals surface area contributed by atoms with Gasteiger partial charge in [-0.05, 0) is 11.5 Å². The third-order valence-corrected chi connectivity index (χ3v) is 2.44. The lowest BCUT2D eigenvalue weighted by Gasteiger charge is -1.91. The minimum atomic E-state index is 0.338. The summed E-state index contributed by atoms with van der Waals surface area (Å²) in [5.74, 6) is 0.709. The number of nitrogens with zero attached hydrogens (tertiary/aromatic N) is 3. The summed E-state index contributed by atoms with van der Waals surface area (Å²) in [7, 11) is 0. The molecule has 0 bridgehead atoms. The van der Waals surface area contributed by atoms with Crippen LogP contribution in [0.5, 0.6) is 0 Å². The molecule has 0 saturated heterocycles. The molecule has 1 aromatic carbocycles. The number of rotatable bonds is 2. The van der Waals surface area contributed by atoms with Crippen molar-refractivity contribution in [3.05, 3.63) is 35.3 Å². The van der Waals surface area contributed by atoms with Gasteiger partial charge in [0, 0.05) is 5.56 Å². The minimum absolute atomic E-state index is 0.338. The van der Waals surface area contributed by atoms with Gasteiger partial charge >= 0.3 is 0 Å². The fourth-order valence-corrected chi connectivity index (χ4v) is 1.69. The average Bonchev–Trinajstić information content (AvgIpc) is 2.68. The molecule has 0 N–H and O–H groups in total. The van der Waals surface area contributed by atoms with E-state index in [0.29, 0.717) is 12.2 Å². The zero-order chi connectivity index (χ0) is 9.80. The van der Waals surface area contributed by atoms with Crippen LogP contribution in [0.2, 0.25) is 0 Å². The van der Waals surface area contributed by atoms with E-state index in [1.54, 1.807) is 0 Å². The van der Waals surface area contributed by atoms with Crippen molar-refractivity contribution in [1.29, 1.82) is 5.26 Å². The normalized spacial score (nSPS) is 9.64. The van der Waals surface area contributed by atoms with E-state index in [0.717, 1.165) is 10.6 Å². The van der Waals surface area contributed by atoms with Crippen LogP contribution < -0.4 is 0 Å². The highest BCUT2D eigenvalue weighted by Crippen LogP contribution is 2.17. The molecule has 0 radical (unpaired) electrons. The summed E-state index contributed by atoms with van der Waals surface area (Å²) in [6, 6.07) is 11.8. The number of hydrogen-bond donors (Lipinski definition) is 0. The van der Waals surface area contributed by atoms with Crippen LogP contribution in [-0.2, 0) is 6.42 Å². The van der Waals surface area contributed by atoms with Crippen LogP contribution in [0, 0.1) is 11.3 Å². The molecule has 4 heteroatoms. The Labute approximate surface area is 85.8 Å². The molecule has 0 fully saturated rings. The van der Waals surface area contributed by atoms with Crippen molar-refractivity contribution >= 4 is 11.5 Å². The number of aromatic nitrogens is 2. The quantitative estimate of drug-likeness (QED) is 0.748. The highest BCUT2D eigenvalue weighted by Gasteiger charge is 2.04. The molecule has 0 saturated carbocycles. The van der Waals surface area contributed by atoms with E-state index in [1.165, 1.54) is 11.5 Å². The fourth-order valence-electron chi connectivity index (χ4n) is 1.10. The number of nitriles is 1. The monoisotopic (exact) mass is 201 g/mol.